The molecule has 1 aliphatic rings. The van der Waals surface area contributed by atoms with Crippen molar-refractivity contribution in [2.24, 2.45) is 23.3 Å². The van der Waals surface area contributed by atoms with Crippen molar-refractivity contribution < 1.29 is 24.7 Å². The van der Waals surface area contributed by atoms with Crippen LogP contribution in [0.5, 0.6) is 0 Å². The van der Waals surface area contributed by atoms with Crippen LogP contribution in [0, 0.1) is 11.8 Å². The first-order chi connectivity index (χ1) is 10.6. The number of likely N-dealkylation sites (tertiary alicyclic amines) is 1. The number of carboxylic acid groups (broad SMARTS) is 1. The summed E-state index contributed by atoms with van der Waals surface area (Å²) in [5.74, 6) is -1.60. The van der Waals surface area contributed by atoms with Gasteiger partial charge < -0.3 is 31.5 Å². The smallest absolute Gasteiger partial charge is 0.451 e. The average Bonchev–Trinajstić information content (AvgIpc) is 2.75. The molecule has 132 valence electrons. The molecule has 0 bridgehead atoms. The molecule has 0 radical (unpaired) electrons. The normalized spacial score (nSPS) is 25.7. The van der Waals surface area contributed by atoms with E-state index in [-0.39, 0.29) is 31.2 Å². The van der Waals surface area contributed by atoms with Gasteiger partial charge in [0.15, 0.2) is 0 Å². The van der Waals surface area contributed by atoms with Gasteiger partial charge in [-0.15, -0.1) is 0 Å². The van der Waals surface area contributed by atoms with Gasteiger partial charge in [-0.1, -0.05) is 20.3 Å². The molecule has 23 heavy (non-hydrogen) atoms. The fraction of sp³-hybridized carbons (Fsp3) is 0.857. The zero-order valence-corrected chi connectivity index (χ0v) is 13.8. The maximum absolute atomic E-state index is 12.4. The molecular weight excluding hydrogens is 301 g/mol. The van der Waals surface area contributed by atoms with E-state index in [0.717, 1.165) is 0 Å². The maximum Gasteiger partial charge on any atom is 0.451 e. The largest absolute Gasteiger partial charge is 0.480 e. The summed E-state index contributed by atoms with van der Waals surface area (Å²) in [7, 11) is -1.43. The zero-order valence-electron chi connectivity index (χ0n) is 13.8. The Balaban J connectivity index is 2.75. The summed E-state index contributed by atoms with van der Waals surface area (Å²) in [6.07, 6.45) is 1.51. The summed E-state index contributed by atoms with van der Waals surface area (Å²) in [5.41, 5.74) is 10.4. The summed E-state index contributed by atoms with van der Waals surface area (Å²) in [4.78, 5) is 25.4. The van der Waals surface area contributed by atoms with E-state index in [2.05, 4.69) is 0 Å². The van der Waals surface area contributed by atoms with Gasteiger partial charge in [-0.05, 0) is 25.1 Å². The lowest BCUT2D eigenvalue weighted by Crippen LogP contribution is -2.55. The zero-order chi connectivity index (χ0) is 17.8. The van der Waals surface area contributed by atoms with Crippen LogP contribution >= 0.6 is 0 Å². The van der Waals surface area contributed by atoms with Gasteiger partial charge in [0.25, 0.3) is 0 Å². The van der Waals surface area contributed by atoms with Crippen molar-refractivity contribution in [2.75, 3.05) is 13.1 Å². The molecule has 1 saturated heterocycles. The molecule has 1 fully saturated rings. The van der Waals surface area contributed by atoms with E-state index in [1.165, 1.54) is 4.90 Å². The predicted molar refractivity (Wildman–Crippen MR) is 86.3 cm³/mol. The van der Waals surface area contributed by atoms with Crippen LogP contribution in [0.3, 0.4) is 0 Å². The maximum atomic E-state index is 12.4. The highest BCUT2D eigenvalue weighted by atomic mass is 16.4. The lowest BCUT2D eigenvalue weighted by Gasteiger charge is -2.25. The van der Waals surface area contributed by atoms with Crippen LogP contribution in [0.15, 0.2) is 0 Å². The number of aliphatic carboxylic acids is 1. The van der Waals surface area contributed by atoms with Gasteiger partial charge in [0.1, 0.15) is 5.54 Å². The quantitative estimate of drug-likeness (QED) is 0.353. The van der Waals surface area contributed by atoms with Gasteiger partial charge in [-0.3, -0.25) is 9.59 Å². The molecule has 1 rings (SSSR count). The number of nitrogens with two attached hydrogens (primary N) is 2. The third-order valence-corrected chi connectivity index (χ3v) is 4.39. The minimum absolute atomic E-state index is 0.0701. The third-order valence-electron chi connectivity index (χ3n) is 4.39. The molecule has 0 aromatic carbocycles. The molecule has 9 heteroatoms. The van der Waals surface area contributed by atoms with Crippen LogP contribution < -0.4 is 11.5 Å². The fourth-order valence-corrected chi connectivity index (χ4v) is 3.09. The number of carbonyl (C=O) groups excluding carboxylic acids is 1. The Morgan fingerprint density at radius 2 is 2.00 bits per heavy atom. The van der Waals surface area contributed by atoms with Crippen LogP contribution in [0.25, 0.3) is 0 Å². The van der Waals surface area contributed by atoms with Crippen molar-refractivity contribution >= 4 is 19.0 Å². The molecule has 0 aliphatic carbocycles. The van der Waals surface area contributed by atoms with E-state index in [1.807, 2.05) is 13.8 Å². The second-order valence-electron chi connectivity index (χ2n) is 6.91. The van der Waals surface area contributed by atoms with Gasteiger partial charge in [0.05, 0.1) is 6.04 Å². The van der Waals surface area contributed by atoms with Gasteiger partial charge in [0.2, 0.25) is 5.91 Å². The summed E-state index contributed by atoms with van der Waals surface area (Å²) in [6.45, 7) is 4.09. The minimum atomic E-state index is -1.52. The van der Waals surface area contributed by atoms with Crippen LogP contribution in [0.4, 0.5) is 0 Å². The van der Waals surface area contributed by atoms with E-state index in [9.17, 15) is 14.7 Å². The fourth-order valence-electron chi connectivity index (χ4n) is 3.09. The molecule has 1 heterocycles. The number of carbonyl (C=O) groups is 2. The third kappa shape index (κ3) is 5.17. The van der Waals surface area contributed by atoms with Crippen molar-refractivity contribution in [1.29, 1.82) is 0 Å². The molecule has 0 saturated carbocycles. The highest BCUT2D eigenvalue weighted by Gasteiger charge is 2.50. The predicted octanol–water partition coefficient (Wildman–Crippen LogP) is -1.15. The molecular formula is C14H28BN3O5. The van der Waals surface area contributed by atoms with E-state index in [0.29, 0.717) is 19.3 Å². The van der Waals surface area contributed by atoms with Gasteiger partial charge in [-0.25, -0.2) is 0 Å². The highest BCUT2D eigenvalue weighted by Crippen LogP contribution is 2.31. The van der Waals surface area contributed by atoms with Gasteiger partial charge in [-0.2, -0.15) is 0 Å². The highest BCUT2D eigenvalue weighted by molar-refractivity contribution is 6.40. The van der Waals surface area contributed by atoms with E-state index in [4.69, 9.17) is 21.5 Å². The Bertz CT molecular complexity index is 435. The Kier molecular flexibility index (Phi) is 7.00. The first kappa shape index (κ1) is 19.9. The molecule has 0 aromatic rings. The van der Waals surface area contributed by atoms with E-state index in [1.54, 1.807) is 0 Å². The number of carboxylic acids is 1. The van der Waals surface area contributed by atoms with Gasteiger partial charge >= 0.3 is 13.1 Å². The average molecular weight is 329 g/mol. The summed E-state index contributed by atoms with van der Waals surface area (Å²) < 4.78 is 0. The molecule has 8 nitrogen and oxygen atoms in total. The molecule has 3 atom stereocenters. The summed E-state index contributed by atoms with van der Waals surface area (Å²) in [6, 6.07) is -0.661. The lowest BCUT2D eigenvalue weighted by molar-refractivity contribution is -0.144. The molecule has 0 aromatic heterocycles. The topological polar surface area (TPSA) is 150 Å². The summed E-state index contributed by atoms with van der Waals surface area (Å²) in [5, 5.41) is 27.2. The Labute approximate surface area is 137 Å². The van der Waals surface area contributed by atoms with Crippen molar-refractivity contribution in [2.45, 2.75) is 51.0 Å². The minimum Gasteiger partial charge on any atom is -0.480 e. The Hall–Kier alpha value is -1.16. The van der Waals surface area contributed by atoms with Crippen molar-refractivity contribution in [3.8, 4) is 0 Å². The van der Waals surface area contributed by atoms with Gasteiger partial charge in [0, 0.05) is 19.0 Å². The van der Waals surface area contributed by atoms with E-state index >= 15 is 0 Å². The number of rotatable bonds is 8. The number of hydrogen-bond donors (Lipinski definition) is 5. The Morgan fingerprint density at radius 3 is 2.48 bits per heavy atom. The van der Waals surface area contributed by atoms with Crippen LogP contribution in [0.1, 0.15) is 33.1 Å². The molecule has 0 spiro atoms. The van der Waals surface area contributed by atoms with Crippen LogP contribution in [-0.4, -0.2) is 63.7 Å². The molecule has 1 amide bonds. The second kappa shape index (κ2) is 8.10. The Morgan fingerprint density at radius 1 is 1.39 bits per heavy atom. The van der Waals surface area contributed by atoms with Crippen LogP contribution in [-0.2, 0) is 9.59 Å². The number of nitrogens with zero attached hydrogens (tertiary/aromatic N) is 1. The monoisotopic (exact) mass is 329 g/mol. The standard InChI is InChI=1S/C14H28BN3O5/c1-9(2)6-11(16)12(19)18-7-10(4-3-5-15(22)23)14(17,8-18)13(20)21/h9-11,22-23H,3-8,16-17H2,1-2H3,(H,20,21)/t10?,11-,14-/m0/s1. The lowest BCUT2D eigenvalue weighted by atomic mass is 9.78. The SMILES string of the molecule is CC(C)C[C@H](N)C(=O)N1CC(CCCB(O)O)[C@](N)(C(=O)O)C1. The molecule has 1 aliphatic heterocycles. The van der Waals surface area contributed by atoms with Crippen molar-refractivity contribution in [3.63, 3.8) is 0 Å². The first-order valence-corrected chi connectivity index (χ1v) is 8.00. The molecule has 1 unspecified atom stereocenters. The van der Waals surface area contributed by atoms with E-state index < -0.39 is 30.6 Å². The number of amides is 1. The van der Waals surface area contributed by atoms with Crippen molar-refractivity contribution in [1.82, 2.24) is 4.90 Å². The second-order valence-corrected chi connectivity index (χ2v) is 6.91. The summed E-state index contributed by atoms with van der Waals surface area (Å²) >= 11 is 0. The van der Waals surface area contributed by atoms with Crippen LogP contribution in [0.2, 0.25) is 6.32 Å². The van der Waals surface area contributed by atoms with Crippen molar-refractivity contribution in [3.05, 3.63) is 0 Å². The molecule has 7 N–H and O–H groups in total. The number of hydrogen-bond acceptors (Lipinski definition) is 6. The first-order valence-electron chi connectivity index (χ1n) is 8.00.